The van der Waals surface area contributed by atoms with Crippen LogP contribution in [0.5, 0.6) is 0 Å². The number of amides is 1. The van der Waals surface area contributed by atoms with Gasteiger partial charge in [-0.05, 0) is 65.2 Å². The predicted octanol–water partition coefficient (Wildman–Crippen LogP) is 4.48. The van der Waals surface area contributed by atoms with E-state index in [1.165, 1.54) is 0 Å². The number of carbonyl (C=O) groups is 1. The standard InChI is InChI=1S/C14H12Br2N2O/c1-8-5-11(16)6-9(2)13(8)18-14(19)12-4-3-10(15)7-17-12/h3-7H,1-2H3,(H,18,19). The van der Waals surface area contributed by atoms with E-state index in [0.717, 1.165) is 25.8 Å². The summed E-state index contributed by atoms with van der Waals surface area (Å²) >= 11 is 6.73. The van der Waals surface area contributed by atoms with E-state index in [0.29, 0.717) is 5.69 Å². The van der Waals surface area contributed by atoms with Crippen molar-refractivity contribution >= 4 is 43.5 Å². The summed E-state index contributed by atoms with van der Waals surface area (Å²) in [4.78, 5) is 16.2. The van der Waals surface area contributed by atoms with Crippen molar-refractivity contribution in [3.05, 3.63) is 56.2 Å². The van der Waals surface area contributed by atoms with Crippen molar-refractivity contribution in [3.63, 3.8) is 0 Å². The summed E-state index contributed by atoms with van der Waals surface area (Å²) < 4.78 is 1.85. The second-order valence-corrected chi connectivity index (χ2v) is 6.06. The molecule has 0 unspecified atom stereocenters. The summed E-state index contributed by atoms with van der Waals surface area (Å²) in [6.07, 6.45) is 1.61. The summed E-state index contributed by atoms with van der Waals surface area (Å²) in [6, 6.07) is 7.42. The molecule has 0 aliphatic carbocycles. The minimum Gasteiger partial charge on any atom is -0.320 e. The van der Waals surface area contributed by atoms with E-state index >= 15 is 0 Å². The highest BCUT2D eigenvalue weighted by molar-refractivity contribution is 9.10. The van der Waals surface area contributed by atoms with Crippen LogP contribution < -0.4 is 5.32 Å². The Bertz CT molecular complexity index is 601. The van der Waals surface area contributed by atoms with Crippen LogP contribution in [0.1, 0.15) is 21.6 Å². The van der Waals surface area contributed by atoms with E-state index < -0.39 is 0 Å². The van der Waals surface area contributed by atoms with Crippen LogP contribution in [0.3, 0.4) is 0 Å². The third-order valence-corrected chi connectivity index (χ3v) is 3.62. The molecule has 1 aromatic heterocycles. The van der Waals surface area contributed by atoms with Crippen LogP contribution in [0.15, 0.2) is 39.4 Å². The molecule has 0 saturated carbocycles. The molecule has 19 heavy (non-hydrogen) atoms. The molecule has 3 nitrogen and oxygen atoms in total. The van der Waals surface area contributed by atoms with Gasteiger partial charge >= 0.3 is 0 Å². The van der Waals surface area contributed by atoms with Gasteiger partial charge in [-0.3, -0.25) is 4.79 Å². The number of hydrogen-bond donors (Lipinski definition) is 1. The Morgan fingerprint density at radius 1 is 1.11 bits per heavy atom. The van der Waals surface area contributed by atoms with Crippen LogP contribution in [0, 0.1) is 13.8 Å². The Labute approximate surface area is 128 Å². The first-order chi connectivity index (χ1) is 8.97. The number of pyridine rings is 1. The minimum atomic E-state index is -0.207. The first kappa shape index (κ1) is 14.2. The third kappa shape index (κ3) is 3.42. The van der Waals surface area contributed by atoms with Crippen LogP contribution >= 0.6 is 31.9 Å². The Balaban J connectivity index is 2.26. The number of nitrogens with zero attached hydrogens (tertiary/aromatic N) is 1. The molecule has 0 bridgehead atoms. The molecule has 0 aliphatic heterocycles. The van der Waals surface area contributed by atoms with Crippen molar-refractivity contribution in [1.82, 2.24) is 4.98 Å². The molecule has 1 N–H and O–H groups in total. The van der Waals surface area contributed by atoms with E-state index in [1.54, 1.807) is 18.3 Å². The highest BCUT2D eigenvalue weighted by atomic mass is 79.9. The van der Waals surface area contributed by atoms with Crippen molar-refractivity contribution in [1.29, 1.82) is 0 Å². The number of aromatic nitrogens is 1. The first-order valence-electron chi connectivity index (χ1n) is 5.67. The quantitative estimate of drug-likeness (QED) is 0.830. The molecule has 0 aliphatic rings. The molecule has 0 spiro atoms. The van der Waals surface area contributed by atoms with E-state index in [4.69, 9.17) is 0 Å². The molecule has 0 saturated heterocycles. The molecule has 0 atom stereocenters. The number of anilines is 1. The molecular formula is C14H12Br2N2O. The first-order valence-corrected chi connectivity index (χ1v) is 7.25. The van der Waals surface area contributed by atoms with Gasteiger partial charge < -0.3 is 5.32 Å². The van der Waals surface area contributed by atoms with Gasteiger partial charge in [0.25, 0.3) is 5.91 Å². The minimum absolute atomic E-state index is 0.207. The van der Waals surface area contributed by atoms with Crippen molar-refractivity contribution in [3.8, 4) is 0 Å². The number of nitrogens with one attached hydrogen (secondary N) is 1. The average Bonchev–Trinajstić information content (AvgIpc) is 2.34. The summed E-state index contributed by atoms with van der Waals surface area (Å²) in [6.45, 7) is 3.92. The van der Waals surface area contributed by atoms with Crippen molar-refractivity contribution in [2.75, 3.05) is 5.32 Å². The maximum atomic E-state index is 12.1. The van der Waals surface area contributed by atoms with Gasteiger partial charge in [-0.25, -0.2) is 4.98 Å². The maximum Gasteiger partial charge on any atom is 0.274 e. The predicted molar refractivity (Wildman–Crippen MR) is 83.5 cm³/mol. The highest BCUT2D eigenvalue weighted by Crippen LogP contribution is 2.25. The van der Waals surface area contributed by atoms with Gasteiger partial charge in [0.1, 0.15) is 5.69 Å². The lowest BCUT2D eigenvalue weighted by atomic mass is 10.1. The third-order valence-electron chi connectivity index (χ3n) is 2.70. The normalized spacial score (nSPS) is 10.3. The van der Waals surface area contributed by atoms with Crippen LogP contribution in [-0.4, -0.2) is 10.9 Å². The number of benzene rings is 1. The fraction of sp³-hybridized carbons (Fsp3) is 0.143. The van der Waals surface area contributed by atoms with Gasteiger partial charge in [0.05, 0.1) is 0 Å². The lowest BCUT2D eigenvalue weighted by Crippen LogP contribution is -2.15. The summed E-state index contributed by atoms with van der Waals surface area (Å²) in [5, 5.41) is 2.90. The molecule has 2 aromatic rings. The molecule has 0 fully saturated rings. The molecule has 1 aromatic carbocycles. The van der Waals surface area contributed by atoms with Crippen molar-refractivity contribution < 1.29 is 4.79 Å². The Hall–Kier alpha value is -1.20. The molecule has 5 heteroatoms. The van der Waals surface area contributed by atoms with Gasteiger partial charge in [0.15, 0.2) is 0 Å². The molecule has 0 radical (unpaired) electrons. The molecule has 1 amide bonds. The second kappa shape index (κ2) is 5.84. The zero-order valence-corrected chi connectivity index (χ0v) is 13.7. The number of aryl methyl sites for hydroxylation is 2. The number of carbonyl (C=O) groups excluding carboxylic acids is 1. The molecular weight excluding hydrogens is 372 g/mol. The Morgan fingerprint density at radius 3 is 2.26 bits per heavy atom. The number of rotatable bonds is 2. The van der Waals surface area contributed by atoms with Crippen LogP contribution in [0.25, 0.3) is 0 Å². The smallest absolute Gasteiger partial charge is 0.274 e. The monoisotopic (exact) mass is 382 g/mol. The van der Waals surface area contributed by atoms with Crippen molar-refractivity contribution in [2.45, 2.75) is 13.8 Å². The topological polar surface area (TPSA) is 42.0 Å². The van der Waals surface area contributed by atoms with Gasteiger partial charge in [-0.15, -0.1) is 0 Å². The van der Waals surface area contributed by atoms with Crippen LogP contribution in [-0.2, 0) is 0 Å². The maximum absolute atomic E-state index is 12.1. The van der Waals surface area contributed by atoms with E-state index in [9.17, 15) is 4.79 Å². The highest BCUT2D eigenvalue weighted by Gasteiger charge is 2.11. The van der Waals surface area contributed by atoms with Gasteiger partial charge in [0, 0.05) is 20.8 Å². The molecule has 2 rings (SSSR count). The Kier molecular flexibility index (Phi) is 4.37. The summed E-state index contributed by atoms with van der Waals surface area (Å²) in [5.74, 6) is -0.207. The average molecular weight is 384 g/mol. The largest absolute Gasteiger partial charge is 0.320 e. The zero-order chi connectivity index (χ0) is 14.0. The van der Waals surface area contributed by atoms with E-state index in [2.05, 4.69) is 42.2 Å². The van der Waals surface area contributed by atoms with Crippen molar-refractivity contribution in [2.24, 2.45) is 0 Å². The lowest BCUT2D eigenvalue weighted by molar-refractivity contribution is 0.102. The lowest BCUT2D eigenvalue weighted by Gasteiger charge is -2.12. The Morgan fingerprint density at radius 2 is 1.74 bits per heavy atom. The van der Waals surface area contributed by atoms with E-state index in [1.807, 2.05) is 26.0 Å². The fourth-order valence-corrected chi connectivity index (χ4v) is 2.72. The number of halogens is 2. The van der Waals surface area contributed by atoms with Gasteiger partial charge in [-0.2, -0.15) is 0 Å². The molecule has 98 valence electrons. The van der Waals surface area contributed by atoms with Gasteiger partial charge in [0.2, 0.25) is 0 Å². The number of hydrogen-bond acceptors (Lipinski definition) is 2. The van der Waals surface area contributed by atoms with E-state index in [-0.39, 0.29) is 5.91 Å². The summed E-state index contributed by atoms with van der Waals surface area (Å²) in [5.41, 5.74) is 3.25. The second-order valence-electron chi connectivity index (χ2n) is 4.23. The van der Waals surface area contributed by atoms with Crippen LogP contribution in [0.4, 0.5) is 5.69 Å². The van der Waals surface area contributed by atoms with Crippen LogP contribution in [0.2, 0.25) is 0 Å². The zero-order valence-electron chi connectivity index (χ0n) is 10.5. The fourth-order valence-electron chi connectivity index (χ4n) is 1.80. The van der Waals surface area contributed by atoms with Gasteiger partial charge in [-0.1, -0.05) is 15.9 Å². The summed E-state index contributed by atoms with van der Waals surface area (Å²) in [7, 11) is 0. The SMILES string of the molecule is Cc1cc(Br)cc(C)c1NC(=O)c1ccc(Br)cn1. The molecule has 1 heterocycles.